The fraction of sp³-hybridized carbons (Fsp3) is 0.176. The summed E-state index contributed by atoms with van der Waals surface area (Å²) >= 11 is 0. The largest absolute Gasteiger partial charge is 0.361 e. The van der Waals surface area contributed by atoms with Crippen molar-refractivity contribution >= 4 is 28.0 Å². The third-order valence-electron chi connectivity index (χ3n) is 4.34. The second-order valence-electron chi connectivity index (χ2n) is 6.01. The van der Waals surface area contributed by atoms with Crippen molar-refractivity contribution in [3.05, 3.63) is 53.6 Å². The second-order valence-corrected chi connectivity index (χ2v) is 6.01. The first-order valence-corrected chi connectivity index (χ1v) is 7.74. The molecule has 6 nitrogen and oxygen atoms in total. The summed E-state index contributed by atoms with van der Waals surface area (Å²) in [7, 11) is 0. The number of fused-ring (bicyclic) bond motifs is 2. The van der Waals surface area contributed by atoms with Crippen LogP contribution in [0.5, 0.6) is 0 Å². The molecule has 3 heterocycles. The van der Waals surface area contributed by atoms with Gasteiger partial charge in [0, 0.05) is 18.2 Å². The molecule has 0 aliphatic heterocycles. The van der Waals surface area contributed by atoms with E-state index in [1.165, 1.54) is 6.33 Å². The lowest BCUT2D eigenvalue weighted by Crippen LogP contribution is -2.05. The summed E-state index contributed by atoms with van der Waals surface area (Å²) in [5, 5.41) is 0. The molecule has 25 heavy (non-hydrogen) atoms. The molecule has 1 aliphatic carbocycles. The number of rotatable bonds is 2. The lowest BCUT2D eigenvalue weighted by atomic mass is 10.3. The van der Waals surface area contributed by atoms with Gasteiger partial charge in [0.25, 0.3) is 11.5 Å². The maximum Gasteiger partial charge on any atom is 0.271 e. The number of nitrogens with zero attached hydrogens (tertiary/aromatic N) is 6. The van der Waals surface area contributed by atoms with E-state index in [0.29, 0.717) is 34.0 Å². The Morgan fingerprint density at radius 1 is 1.08 bits per heavy atom. The van der Waals surface area contributed by atoms with E-state index in [0.717, 1.165) is 25.0 Å². The van der Waals surface area contributed by atoms with Crippen LogP contribution in [0.25, 0.3) is 33.0 Å². The monoisotopic (exact) mass is 336 g/mol. The number of aromatic nitrogens is 5. The molecule has 4 aromatic rings. The number of pyridine rings is 1. The van der Waals surface area contributed by atoms with Gasteiger partial charge in [0.1, 0.15) is 11.8 Å². The van der Waals surface area contributed by atoms with Crippen LogP contribution in [0.15, 0.2) is 30.6 Å². The van der Waals surface area contributed by atoms with Crippen molar-refractivity contribution in [2.24, 2.45) is 0 Å². The van der Waals surface area contributed by atoms with Gasteiger partial charge in [-0.25, -0.2) is 18.7 Å². The van der Waals surface area contributed by atoms with E-state index >= 15 is 0 Å². The van der Waals surface area contributed by atoms with E-state index < -0.39 is 11.6 Å². The molecular formula is C17H10F2N6. The molecule has 1 aliphatic rings. The quantitative estimate of drug-likeness (QED) is 0.521. The number of hydrogen-bond acceptors (Lipinski definition) is 3. The van der Waals surface area contributed by atoms with Gasteiger partial charge >= 0.3 is 0 Å². The summed E-state index contributed by atoms with van der Waals surface area (Å²) < 4.78 is 30.7. The predicted octanol–water partition coefficient (Wildman–Crippen LogP) is 3.93. The molecule has 1 saturated carbocycles. The van der Waals surface area contributed by atoms with Gasteiger partial charge in [0.2, 0.25) is 5.95 Å². The van der Waals surface area contributed by atoms with Crippen LogP contribution in [-0.2, 0) is 0 Å². The molecule has 0 N–H and O–H groups in total. The molecule has 122 valence electrons. The van der Waals surface area contributed by atoms with Crippen LogP contribution in [0.2, 0.25) is 0 Å². The Kier molecular flexibility index (Phi) is 2.71. The van der Waals surface area contributed by atoms with Gasteiger partial charge in [-0.2, -0.15) is 0 Å². The van der Waals surface area contributed by atoms with E-state index in [4.69, 9.17) is 6.57 Å². The van der Waals surface area contributed by atoms with Crippen LogP contribution in [0.4, 0.5) is 14.6 Å². The highest BCUT2D eigenvalue weighted by Gasteiger charge is 2.31. The third-order valence-corrected chi connectivity index (χ3v) is 4.34. The molecular weight excluding hydrogens is 326 g/mol. The standard InChI is InChI=1S/C17H10F2N6/c1-20-15-5-4-12-16(23-15)25(9-2-3-9)17(22-12)24-8-21-13-6-10(18)11(19)7-14(13)24/h4-9H,2-3H2. The Labute approximate surface area is 140 Å². The van der Waals surface area contributed by atoms with E-state index in [1.807, 2.05) is 4.57 Å². The molecule has 8 heteroatoms. The molecule has 0 radical (unpaired) electrons. The zero-order chi connectivity index (χ0) is 17.1. The summed E-state index contributed by atoms with van der Waals surface area (Å²) in [4.78, 5) is 16.5. The second kappa shape index (κ2) is 4.83. The summed E-state index contributed by atoms with van der Waals surface area (Å²) in [6, 6.07) is 5.78. The van der Waals surface area contributed by atoms with Crippen molar-refractivity contribution in [3.63, 3.8) is 0 Å². The van der Waals surface area contributed by atoms with Crippen LogP contribution in [-0.4, -0.2) is 24.1 Å². The van der Waals surface area contributed by atoms with Gasteiger partial charge in [0.15, 0.2) is 11.6 Å². The summed E-state index contributed by atoms with van der Waals surface area (Å²) in [6.07, 6.45) is 3.47. The minimum atomic E-state index is -0.934. The first-order valence-electron chi connectivity index (χ1n) is 7.74. The van der Waals surface area contributed by atoms with Crippen molar-refractivity contribution in [1.82, 2.24) is 24.1 Å². The summed E-state index contributed by atoms with van der Waals surface area (Å²) in [6.45, 7) is 7.15. The number of imidazole rings is 2. The molecule has 3 aromatic heterocycles. The molecule has 0 saturated heterocycles. The lowest BCUT2D eigenvalue weighted by Gasteiger charge is -2.07. The Morgan fingerprint density at radius 3 is 2.64 bits per heavy atom. The van der Waals surface area contributed by atoms with Gasteiger partial charge in [0.05, 0.1) is 11.0 Å². The highest BCUT2D eigenvalue weighted by molar-refractivity contribution is 5.80. The van der Waals surface area contributed by atoms with Gasteiger partial charge in [-0.3, -0.25) is 9.13 Å². The minimum Gasteiger partial charge on any atom is -0.361 e. The van der Waals surface area contributed by atoms with Crippen LogP contribution in [0.3, 0.4) is 0 Å². The molecule has 5 rings (SSSR count). The molecule has 0 bridgehead atoms. The van der Waals surface area contributed by atoms with Gasteiger partial charge in [-0.1, -0.05) is 11.6 Å². The van der Waals surface area contributed by atoms with Gasteiger partial charge in [-0.15, -0.1) is 0 Å². The molecule has 1 fully saturated rings. The fourth-order valence-corrected chi connectivity index (χ4v) is 3.02. The van der Waals surface area contributed by atoms with Crippen molar-refractivity contribution in [2.45, 2.75) is 18.9 Å². The van der Waals surface area contributed by atoms with Crippen LogP contribution >= 0.6 is 0 Å². The van der Waals surface area contributed by atoms with Gasteiger partial charge in [-0.05, 0) is 25.0 Å². The van der Waals surface area contributed by atoms with E-state index in [9.17, 15) is 8.78 Å². The topological polar surface area (TPSA) is 52.9 Å². The van der Waals surface area contributed by atoms with Crippen molar-refractivity contribution in [1.29, 1.82) is 0 Å². The maximum atomic E-state index is 13.7. The van der Waals surface area contributed by atoms with Crippen LogP contribution in [0.1, 0.15) is 18.9 Å². The molecule has 0 amide bonds. The Balaban J connectivity index is 1.82. The highest BCUT2D eigenvalue weighted by Crippen LogP contribution is 2.40. The van der Waals surface area contributed by atoms with E-state index in [-0.39, 0.29) is 6.04 Å². The van der Waals surface area contributed by atoms with Crippen molar-refractivity contribution < 1.29 is 8.78 Å². The average Bonchev–Trinajstić information content (AvgIpc) is 3.27. The molecule has 0 unspecified atom stereocenters. The third kappa shape index (κ3) is 2.02. The number of halogens is 2. The lowest BCUT2D eigenvalue weighted by molar-refractivity contribution is 0.510. The van der Waals surface area contributed by atoms with Crippen LogP contribution in [0, 0.1) is 18.2 Å². The molecule has 0 spiro atoms. The predicted molar refractivity (Wildman–Crippen MR) is 86.6 cm³/mol. The Morgan fingerprint density at radius 2 is 1.88 bits per heavy atom. The SMILES string of the molecule is [C-]#[N+]c1ccc2nc(-n3cnc4cc(F)c(F)cc43)n(C3CC3)c2n1. The summed E-state index contributed by atoms with van der Waals surface area (Å²) in [5.74, 6) is -1.03. The Bertz CT molecular complexity index is 1200. The number of benzene rings is 1. The minimum absolute atomic E-state index is 0.233. The number of hydrogen-bond donors (Lipinski definition) is 0. The molecule has 0 atom stereocenters. The van der Waals surface area contributed by atoms with Crippen molar-refractivity contribution in [3.8, 4) is 5.95 Å². The highest BCUT2D eigenvalue weighted by atomic mass is 19.2. The average molecular weight is 336 g/mol. The van der Waals surface area contributed by atoms with Crippen LogP contribution < -0.4 is 0 Å². The molecule has 1 aromatic carbocycles. The van der Waals surface area contributed by atoms with Gasteiger partial charge < -0.3 is 4.85 Å². The smallest absolute Gasteiger partial charge is 0.271 e. The first kappa shape index (κ1) is 14.0. The first-order chi connectivity index (χ1) is 12.2. The summed E-state index contributed by atoms with van der Waals surface area (Å²) in [5.41, 5.74) is 2.05. The van der Waals surface area contributed by atoms with E-state index in [2.05, 4.69) is 19.8 Å². The fourth-order valence-electron chi connectivity index (χ4n) is 3.02. The maximum absolute atomic E-state index is 13.7. The zero-order valence-corrected chi connectivity index (χ0v) is 12.8. The normalized spacial score (nSPS) is 14.3. The zero-order valence-electron chi connectivity index (χ0n) is 12.8. The van der Waals surface area contributed by atoms with E-state index in [1.54, 1.807) is 16.7 Å². The Hall–Kier alpha value is -3.34. The van der Waals surface area contributed by atoms with Crippen molar-refractivity contribution in [2.75, 3.05) is 0 Å².